The molecule has 0 N–H and O–H groups in total. The molecule has 1 nitrogen and oxygen atoms in total. The molecule has 0 fully saturated rings. The zero-order valence-electron chi connectivity index (χ0n) is 8.41. The fourth-order valence-corrected chi connectivity index (χ4v) is 1.29. The zero-order valence-corrected chi connectivity index (χ0v) is 8.41. The first-order valence-electron chi connectivity index (χ1n) is 4.79. The van der Waals surface area contributed by atoms with Crippen molar-refractivity contribution in [1.82, 2.24) is 0 Å². The monoisotopic (exact) mass is 219 g/mol. The summed E-state index contributed by atoms with van der Waals surface area (Å²) in [5, 5.41) is 0. The van der Waals surface area contributed by atoms with Crippen molar-refractivity contribution in [2.24, 2.45) is 0 Å². The maximum Gasteiger partial charge on any atom is 0.132 e. The van der Waals surface area contributed by atoms with Gasteiger partial charge in [0.2, 0.25) is 0 Å². The van der Waals surface area contributed by atoms with Crippen LogP contribution in [0, 0.1) is 17.7 Å². The Hall–Kier alpha value is -1.90. The molecular weight excluding hydrogens is 210 g/mol. The molecule has 2 aromatic rings. The van der Waals surface area contributed by atoms with Crippen LogP contribution in [0.3, 0.4) is 0 Å². The fourth-order valence-electron chi connectivity index (χ4n) is 1.29. The Balaban J connectivity index is 2.11. The predicted octanol–water partition coefficient (Wildman–Crippen LogP) is 3.34. The smallest absolute Gasteiger partial charge is 0.132 e. The van der Waals surface area contributed by atoms with Gasteiger partial charge in [-0.3, -0.25) is 0 Å². The van der Waals surface area contributed by atoms with E-state index in [0.717, 1.165) is 0 Å². The number of halogens is 2. The number of hydrogen-bond donors (Lipinski definition) is 0. The Morgan fingerprint density at radius 3 is 2.25 bits per heavy atom. The van der Waals surface area contributed by atoms with E-state index < -0.39 is 11.6 Å². The molecule has 0 saturated carbocycles. The molecule has 16 heavy (non-hydrogen) atoms. The molecule has 1 radical (unpaired) electrons. The van der Waals surface area contributed by atoms with Crippen LogP contribution in [0.1, 0.15) is 5.56 Å². The molecule has 0 aliphatic carbocycles. The lowest BCUT2D eigenvalue weighted by Gasteiger charge is -2.07. The molecule has 0 saturated heterocycles. The van der Waals surface area contributed by atoms with Gasteiger partial charge >= 0.3 is 0 Å². The van der Waals surface area contributed by atoms with E-state index in [4.69, 9.17) is 4.74 Å². The van der Waals surface area contributed by atoms with Crippen LogP contribution in [0.5, 0.6) is 5.75 Å². The van der Waals surface area contributed by atoms with E-state index in [1.54, 1.807) is 24.3 Å². The van der Waals surface area contributed by atoms with Crippen molar-refractivity contribution in [1.29, 1.82) is 0 Å². The highest BCUT2D eigenvalue weighted by molar-refractivity contribution is 5.23. The Labute approximate surface area is 92.3 Å². The van der Waals surface area contributed by atoms with Crippen LogP contribution in [0.4, 0.5) is 8.78 Å². The zero-order chi connectivity index (χ0) is 11.4. The third kappa shape index (κ3) is 2.37. The molecular formula is C13H9F2O. The predicted molar refractivity (Wildman–Crippen MR) is 56.0 cm³/mol. The lowest BCUT2D eigenvalue weighted by atomic mass is 10.2. The van der Waals surface area contributed by atoms with E-state index in [-0.39, 0.29) is 12.2 Å². The van der Waals surface area contributed by atoms with Gasteiger partial charge in [0.15, 0.2) is 0 Å². The second kappa shape index (κ2) is 4.75. The van der Waals surface area contributed by atoms with Gasteiger partial charge in [0.1, 0.15) is 24.0 Å². The molecule has 2 aromatic carbocycles. The quantitative estimate of drug-likeness (QED) is 0.769. The number of rotatable bonds is 3. The van der Waals surface area contributed by atoms with E-state index in [1.807, 2.05) is 0 Å². The highest BCUT2D eigenvalue weighted by Crippen LogP contribution is 2.16. The van der Waals surface area contributed by atoms with E-state index in [1.165, 1.54) is 18.2 Å². The Morgan fingerprint density at radius 2 is 1.62 bits per heavy atom. The summed E-state index contributed by atoms with van der Waals surface area (Å²) in [6.07, 6.45) is 0. The van der Waals surface area contributed by atoms with Gasteiger partial charge in [-0.25, -0.2) is 8.78 Å². The van der Waals surface area contributed by atoms with E-state index in [0.29, 0.717) is 5.75 Å². The van der Waals surface area contributed by atoms with Gasteiger partial charge in [-0.2, -0.15) is 0 Å². The summed E-state index contributed by atoms with van der Waals surface area (Å²) in [5.74, 6) is -0.633. The normalized spacial score (nSPS) is 10.1. The maximum atomic E-state index is 13.2. The first-order chi connectivity index (χ1) is 7.77. The van der Waals surface area contributed by atoms with Crippen molar-refractivity contribution >= 4 is 0 Å². The first kappa shape index (κ1) is 10.6. The summed E-state index contributed by atoms with van der Waals surface area (Å²) in [7, 11) is 0. The molecule has 0 unspecified atom stereocenters. The Bertz CT molecular complexity index is 448. The largest absolute Gasteiger partial charge is 0.489 e. The van der Waals surface area contributed by atoms with Gasteiger partial charge in [0, 0.05) is 0 Å². The summed E-state index contributed by atoms with van der Waals surface area (Å²) in [6, 6.07) is 13.3. The average molecular weight is 219 g/mol. The fraction of sp³-hybridized carbons (Fsp3) is 0.0769. The van der Waals surface area contributed by atoms with Gasteiger partial charge < -0.3 is 4.74 Å². The third-order valence-electron chi connectivity index (χ3n) is 2.13. The van der Waals surface area contributed by atoms with Crippen molar-refractivity contribution in [3.8, 4) is 5.75 Å². The molecule has 0 aliphatic heterocycles. The minimum atomic E-state index is -0.595. The molecule has 81 valence electrons. The van der Waals surface area contributed by atoms with Crippen LogP contribution < -0.4 is 4.74 Å². The van der Waals surface area contributed by atoms with Gasteiger partial charge in [-0.1, -0.05) is 18.2 Å². The van der Waals surface area contributed by atoms with E-state index in [9.17, 15) is 8.78 Å². The third-order valence-corrected chi connectivity index (χ3v) is 2.13. The molecule has 0 aliphatic rings. The lowest BCUT2D eigenvalue weighted by Crippen LogP contribution is -2.01. The topological polar surface area (TPSA) is 9.23 Å². The van der Waals surface area contributed by atoms with Crippen LogP contribution >= 0.6 is 0 Å². The van der Waals surface area contributed by atoms with Gasteiger partial charge in [0.05, 0.1) is 5.56 Å². The molecule has 3 heteroatoms. The number of hydrogen-bond acceptors (Lipinski definition) is 1. The maximum absolute atomic E-state index is 13.2. The summed E-state index contributed by atoms with van der Waals surface area (Å²) >= 11 is 0. The molecule has 0 heterocycles. The highest BCUT2D eigenvalue weighted by Gasteiger charge is 2.08. The van der Waals surface area contributed by atoms with Crippen molar-refractivity contribution in [3.05, 3.63) is 65.7 Å². The van der Waals surface area contributed by atoms with Crippen LogP contribution in [0.2, 0.25) is 0 Å². The van der Waals surface area contributed by atoms with Crippen LogP contribution in [-0.2, 0) is 6.61 Å². The van der Waals surface area contributed by atoms with Crippen LogP contribution in [0.25, 0.3) is 0 Å². The summed E-state index contributed by atoms with van der Waals surface area (Å²) in [6.45, 7) is -0.123. The Morgan fingerprint density at radius 1 is 1.00 bits per heavy atom. The van der Waals surface area contributed by atoms with Crippen molar-refractivity contribution in [2.45, 2.75) is 6.61 Å². The minimum Gasteiger partial charge on any atom is -0.489 e. The van der Waals surface area contributed by atoms with Crippen molar-refractivity contribution in [2.75, 3.05) is 0 Å². The molecule has 0 bridgehead atoms. The van der Waals surface area contributed by atoms with Crippen LogP contribution in [0.15, 0.2) is 42.5 Å². The van der Waals surface area contributed by atoms with Gasteiger partial charge in [-0.05, 0) is 30.3 Å². The number of ether oxygens (including phenoxy) is 1. The second-order valence-corrected chi connectivity index (χ2v) is 3.22. The standard InChI is InChI=1S/C13H9F2O/c14-12-7-4-8-13(15)11(12)9-16-10-5-2-1-3-6-10/h2-8H,9H2. The molecule has 2 rings (SSSR count). The van der Waals surface area contributed by atoms with Crippen molar-refractivity contribution in [3.63, 3.8) is 0 Å². The molecule has 0 atom stereocenters. The van der Waals surface area contributed by atoms with E-state index >= 15 is 0 Å². The second-order valence-electron chi connectivity index (χ2n) is 3.22. The summed E-state index contributed by atoms with van der Waals surface area (Å²) in [5.41, 5.74) is -0.0599. The SMILES string of the molecule is Fc1cccc(F)c1COc1cc[c]cc1. The van der Waals surface area contributed by atoms with Crippen LogP contribution in [-0.4, -0.2) is 0 Å². The molecule has 0 aromatic heterocycles. The molecule has 0 spiro atoms. The number of benzene rings is 2. The molecule has 0 amide bonds. The minimum absolute atomic E-state index is 0.0599. The van der Waals surface area contributed by atoms with Crippen molar-refractivity contribution < 1.29 is 13.5 Å². The lowest BCUT2D eigenvalue weighted by molar-refractivity contribution is 0.292. The Kier molecular flexibility index (Phi) is 3.15. The average Bonchev–Trinajstić information content (AvgIpc) is 2.30. The van der Waals surface area contributed by atoms with Gasteiger partial charge in [-0.15, -0.1) is 0 Å². The van der Waals surface area contributed by atoms with E-state index in [2.05, 4.69) is 6.07 Å². The summed E-state index contributed by atoms with van der Waals surface area (Å²) in [4.78, 5) is 0. The first-order valence-corrected chi connectivity index (χ1v) is 4.79. The summed E-state index contributed by atoms with van der Waals surface area (Å²) < 4.78 is 31.7. The van der Waals surface area contributed by atoms with Gasteiger partial charge in [0.25, 0.3) is 0 Å². The highest BCUT2D eigenvalue weighted by atomic mass is 19.1.